The summed E-state index contributed by atoms with van der Waals surface area (Å²) in [5.41, 5.74) is 1.93. The van der Waals surface area contributed by atoms with Crippen LogP contribution in [-0.4, -0.2) is 36.6 Å². The Hall–Kier alpha value is -3.28. The number of para-hydroxylation sites is 2. The molecule has 3 aromatic rings. The van der Waals surface area contributed by atoms with E-state index in [0.717, 1.165) is 47.6 Å². The van der Waals surface area contributed by atoms with Gasteiger partial charge in [-0.1, -0.05) is 36.4 Å². The number of rotatable bonds is 7. The standard InChI is InChI=1S/C25H28N2O4/c1-29-22-12-5-3-9-18(22)15-20-17-26-25(31-20)21-11-7-8-14-27(21)24(28)16-19-10-4-6-13-23(19)30-2/h3-6,9-10,12-13,17,21H,7-8,11,14-16H2,1-2H3. The lowest BCUT2D eigenvalue weighted by Gasteiger charge is -2.34. The summed E-state index contributed by atoms with van der Waals surface area (Å²) in [6, 6.07) is 15.4. The van der Waals surface area contributed by atoms with Crippen molar-refractivity contribution in [2.45, 2.75) is 38.1 Å². The predicted molar refractivity (Wildman–Crippen MR) is 117 cm³/mol. The molecule has 0 bridgehead atoms. The van der Waals surface area contributed by atoms with Crippen LogP contribution < -0.4 is 9.47 Å². The van der Waals surface area contributed by atoms with Crippen molar-refractivity contribution in [1.29, 1.82) is 0 Å². The van der Waals surface area contributed by atoms with Crippen LogP contribution in [0.25, 0.3) is 0 Å². The molecule has 0 saturated carbocycles. The predicted octanol–water partition coefficient (Wildman–Crippen LogP) is 4.58. The molecule has 1 aliphatic heterocycles. The molecule has 0 spiro atoms. The molecule has 162 valence electrons. The largest absolute Gasteiger partial charge is 0.496 e. The lowest BCUT2D eigenvalue weighted by molar-refractivity contribution is -0.135. The molecule has 1 aromatic heterocycles. The van der Waals surface area contributed by atoms with E-state index in [0.29, 0.717) is 25.3 Å². The fraction of sp³-hybridized carbons (Fsp3) is 0.360. The van der Waals surface area contributed by atoms with Gasteiger partial charge in [0.2, 0.25) is 11.8 Å². The zero-order valence-electron chi connectivity index (χ0n) is 18.0. The number of oxazole rings is 1. The molecule has 6 heteroatoms. The van der Waals surface area contributed by atoms with Crippen molar-refractivity contribution in [3.63, 3.8) is 0 Å². The highest BCUT2D eigenvalue weighted by molar-refractivity contribution is 5.80. The summed E-state index contributed by atoms with van der Waals surface area (Å²) >= 11 is 0. The van der Waals surface area contributed by atoms with Crippen LogP contribution in [0.3, 0.4) is 0 Å². The average Bonchev–Trinajstić information content (AvgIpc) is 3.28. The molecule has 1 fully saturated rings. The minimum atomic E-state index is -0.137. The molecule has 1 unspecified atom stereocenters. The van der Waals surface area contributed by atoms with E-state index in [9.17, 15) is 4.79 Å². The van der Waals surface area contributed by atoms with E-state index in [1.165, 1.54) is 0 Å². The second-order valence-electron chi connectivity index (χ2n) is 7.74. The maximum absolute atomic E-state index is 13.2. The number of hydrogen-bond donors (Lipinski definition) is 0. The second kappa shape index (κ2) is 9.69. The molecule has 4 rings (SSSR count). The number of nitrogens with zero attached hydrogens (tertiary/aromatic N) is 2. The van der Waals surface area contributed by atoms with Crippen molar-refractivity contribution >= 4 is 5.91 Å². The number of hydrogen-bond acceptors (Lipinski definition) is 5. The topological polar surface area (TPSA) is 64.8 Å². The van der Waals surface area contributed by atoms with Crippen molar-refractivity contribution in [3.8, 4) is 11.5 Å². The van der Waals surface area contributed by atoms with Gasteiger partial charge in [0.15, 0.2) is 0 Å². The zero-order valence-corrected chi connectivity index (χ0v) is 18.0. The molecule has 0 radical (unpaired) electrons. The highest BCUT2D eigenvalue weighted by Crippen LogP contribution is 2.32. The van der Waals surface area contributed by atoms with Gasteiger partial charge >= 0.3 is 0 Å². The summed E-state index contributed by atoms with van der Waals surface area (Å²) in [6.07, 6.45) is 5.55. The number of piperidine rings is 1. The van der Waals surface area contributed by atoms with Crippen molar-refractivity contribution in [3.05, 3.63) is 77.5 Å². The van der Waals surface area contributed by atoms with E-state index in [1.54, 1.807) is 20.4 Å². The summed E-state index contributed by atoms with van der Waals surface area (Å²) < 4.78 is 17.0. The van der Waals surface area contributed by atoms with E-state index in [2.05, 4.69) is 4.98 Å². The minimum absolute atomic E-state index is 0.0682. The first-order valence-electron chi connectivity index (χ1n) is 10.7. The normalized spacial score (nSPS) is 16.2. The van der Waals surface area contributed by atoms with Gasteiger partial charge in [0, 0.05) is 24.1 Å². The van der Waals surface area contributed by atoms with E-state index in [4.69, 9.17) is 13.9 Å². The van der Waals surface area contributed by atoms with Crippen LogP contribution in [0.4, 0.5) is 0 Å². The van der Waals surface area contributed by atoms with Gasteiger partial charge in [-0.3, -0.25) is 4.79 Å². The maximum Gasteiger partial charge on any atom is 0.227 e. The Labute approximate surface area is 182 Å². The molecule has 6 nitrogen and oxygen atoms in total. The Morgan fingerprint density at radius 2 is 1.71 bits per heavy atom. The van der Waals surface area contributed by atoms with Gasteiger partial charge in [0.05, 0.1) is 26.8 Å². The van der Waals surface area contributed by atoms with E-state index < -0.39 is 0 Å². The fourth-order valence-electron chi connectivity index (χ4n) is 4.20. The summed E-state index contributed by atoms with van der Waals surface area (Å²) in [7, 11) is 3.29. The summed E-state index contributed by atoms with van der Waals surface area (Å²) in [6.45, 7) is 0.711. The SMILES string of the molecule is COc1ccccc1CC(=O)N1CCCCC1c1ncc(Cc2ccccc2OC)o1. The van der Waals surface area contributed by atoms with E-state index >= 15 is 0 Å². The smallest absolute Gasteiger partial charge is 0.227 e. The van der Waals surface area contributed by atoms with Crippen LogP contribution in [-0.2, 0) is 17.6 Å². The lowest BCUT2D eigenvalue weighted by atomic mass is 10.0. The molecule has 2 aromatic carbocycles. The molecule has 1 aliphatic rings. The van der Waals surface area contributed by atoms with E-state index in [1.807, 2.05) is 53.4 Å². The van der Waals surface area contributed by atoms with Crippen LogP contribution in [0.5, 0.6) is 11.5 Å². The lowest BCUT2D eigenvalue weighted by Crippen LogP contribution is -2.39. The average molecular weight is 421 g/mol. The summed E-state index contributed by atoms with van der Waals surface area (Å²) in [5, 5.41) is 0. The molecule has 0 aliphatic carbocycles. The maximum atomic E-state index is 13.2. The molecular formula is C25H28N2O4. The Bertz CT molecular complexity index is 1030. The number of amides is 1. The monoisotopic (exact) mass is 420 g/mol. The third-order valence-electron chi connectivity index (χ3n) is 5.77. The van der Waals surface area contributed by atoms with Crippen molar-refractivity contribution in [1.82, 2.24) is 9.88 Å². The van der Waals surface area contributed by atoms with Gasteiger partial charge in [0.25, 0.3) is 0 Å². The first-order valence-corrected chi connectivity index (χ1v) is 10.7. The van der Waals surface area contributed by atoms with Gasteiger partial charge in [-0.05, 0) is 31.4 Å². The number of methoxy groups -OCH3 is 2. The number of aromatic nitrogens is 1. The molecule has 31 heavy (non-hydrogen) atoms. The van der Waals surface area contributed by atoms with Crippen LogP contribution in [0, 0.1) is 0 Å². The van der Waals surface area contributed by atoms with Crippen LogP contribution in [0.1, 0.15) is 48.1 Å². The number of carbonyl (C=O) groups excluding carboxylic acids is 1. The van der Waals surface area contributed by atoms with Crippen LogP contribution in [0.2, 0.25) is 0 Å². The van der Waals surface area contributed by atoms with Gasteiger partial charge in [-0.2, -0.15) is 0 Å². The first-order chi connectivity index (χ1) is 15.2. The third kappa shape index (κ3) is 4.74. The minimum Gasteiger partial charge on any atom is -0.496 e. The summed E-state index contributed by atoms with van der Waals surface area (Å²) in [4.78, 5) is 19.6. The fourth-order valence-corrected chi connectivity index (χ4v) is 4.20. The number of carbonyl (C=O) groups is 1. The van der Waals surface area contributed by atoms with Crippen molar-refractivity contribution < 1.29 is 18.7 Å². The summed E-state index contributed by atoms with van der Waals surface area (Å²) in [5.74, 6) is 3.00. The van der Waals surface area contributed by atoms with Crippen LogP contribution in [0.15, 0.2) is 59.1 Å². The van der Waals surface area contributed by atoms with Crippen LogP contribution >= 0.6 is 0 Å². The van der Waals surface area contributed by atoms with Gasteiger partial charge in [-0.25, -0.2) is 4.98 Å². The Morgan fingerprint density at radius 1 is 1.03 bits per heavy atom. The third-order valence-corrected chi connectivity index (χ3v) is 5.77. The molecule has 1 amide bonds. The first kappa shape index (κ1) is 21.0. The number of likely N-dealkylation sites (tertiary alicyclic amines) is 1. The highest BCUT2D eigenvalue weighted by atomic mass is 16.5. The molecule has 1 atom stereocenters. The highest BCUT2D eigenvalue weighted by Gasteiger charge is 2.31. The second-order valence-corrected chi connectivity index (χ2v) is 7.74. The van der Waals surface area contributed by atoms with Gasteiger partial charge in [0.1, 0.15) is 23.3 Å². The van der Waals surface area contributed by atoms with Crippen molar-refractivity contribution in [2.24, 2.45) is 0 Å². The van der Waals surface area contributed by atoms with Gasteiger partial charge in [-0.15, -0.1) is 0 Å². The zero-order chi connectivity index (χ0) is 21.6. The molecule has 0 N–H and O–H groups in total. The Balaban J connectivity index is 1.50. The quantitative estimate of drug-likeness (QED) is 0.560. The number of benzene rings is 2. The molecule has 1 saturated heterocycles. The molecule has 2 heterocycles. The molecular weight excluding hydrogens is 392 g/mol. The van der Waals surface area contributed by atoms with Crippen molar-refractivity contribution in [2.75, 3.05) is 20.8 Å². The Kier molecular flexibility index (Phi) is 6.55. The number of ether oxygens (including phenoxy) is 2. The Morgan fingerprint density at radius 3 is 2.45 bits per heavy atom. The van der Waals surface area contributed by atoms with E-state index in [-0.39, 0.29) is 11.9 Å². The van der Waals surface area contributed by atoms with Gasteiger partial charge < -0.3 is 18.8 Å².